The highest BCUT2D eigenvalue weighted by Crippen LogP contribution is 2.04. The molecule has 0 aliphatic heterocycles. The maximum atomic E-state index is 11.4. The molecule has 1 rings (SSSR count). The Morgan fingerprint density at radius 1 is 1.35 bits per heavy atom. The lowest BCUT2D eigenvalue weighted by Crippen LogP contribution is -2.20. The van der Waals surface area contributed by atoms with E-state index in [1.54, 1.807) is 12.4 Å². The third-order valence-corrected chi connectivity index (χ3v) is 2.24. The predicted molar refractivity (Wildman–Crippen MR) is 64.4 cm³/mol. The van der Waals surface area contributed by atoms with Crippen molar-refractivity contribution >= 4 is 17.5 Å². The molecule has 0 atom stereocenters. The second kappa shape index (κ2) is 7.43. The average Bonchev–Trinajstić information content (AvgIpc) is 2.75. The van der Waals surface area contributed by atoms with Gasteiger partial charge in [0.15, 0.2) is 0 Å². The minimum atomic E-state index is -0.0114. The molecule has 0 unspecified atom stereocenters. The molecule has 3 N–H and O–H groups in total. The highest BCUT2D eigenvalue weighted by atomic mass is 16.2. The van der Waals surface area contributed by atoms with Gasteiger partial charge >= 0.3 is 0 Å². The van der Waals surface area contributed by atoms with Gasteiger partial charge in [0.05, 0.1) is 11.9 Å². The highest BCUT2D eigenvalue weighted by molar-refractivity contribution is 5.90. The van der Waals surface area contributed by atoms with Gasteiger partial charge in [-0.1, -0.05) is 6.42 Å². The fraction of sp³-hybridized carbons (Fsp3) is 0.545. The molecular formula is C11H18N4O2. The van der Waals surface area contributed by atoms with Crippen LogP contribution in [-0.2, 0) is 9.59 Å². The van der Waals surface area contributed by atoms with Crippen LogP contribution in [-0.4, -0.2) is 28.6 Å². The summed E-state index contributed by atoms with van der Waals surface area (Å²) in [6, 6.07) is 0. The Labute approximate surface area is 100 Å². The van der Waals surface area contributed by atoms with Crippen molar-refractivity contribution in [2.45, 2.75) is 32.6 Å². The van der Waals surface area contributed by atoms with Gasteiger partial charge in [-0.2, -0.15) is 5.10 Å². The zero-order valence-electron chi connectivity index (χ0n) is 9.95. The monoisotopic (exact) mass is 238 g/mol. The molecule has 0 fully saturated rings. The number of anilines is 1. The van der Waals surface area contributed by atoms with E-state index in [9.17, 15) is 9.59 Å². The number of carbonyl (C=O) groups excluding carboxylic acids is 2. The molecule has 17 heavy (non-hydrogen) atoms. The van der Waals surface area contributed by atoms with E-state index in [1.165, 1.54) is 6.92 Å². The Hall–Kier alpha value is -1.85. The second-order valence-electron chi connectivity index (χ2n) is 3.83. The first-order valence-electron chi connectivity index (χ1n) is 5.71. The van der Waals surface area contributed by atoms with E-state index in [-0.39, 0.29) is 11.8 Å². The highest BCUT2D eigenvalue weighted by Gasteiger charge is 2.02. The quantitative estimate of drug-likeness (QED) is 0.620. The number of nitrogens with zero attached hydrogens (tertiary/aromatic N) is 1. The summed E-state index contributed by atoms with van der Waals surface area (Å²) in [5.41, 5.74) is 0.688. The van der Waals surface area contributed by atoms with Crippen molar-refractivity contribution in [2.24, 2.45) is 0 Å². The lowest BCUT2D eigenvalue weighted by atomic mass is 10.2. The zero-order valence-corrected chi connectivity index (χ0v) is 9.95. The summed E-state index contributed by atoms with van der Waals surface area (Å²) >= 11 is 0. The van der Waals surface area contributed by atoms with Crippen molar-refractivity contribution in [3.63, 3.8) is 0 Å². The molecule has 0 bridgehead atoms. The molecule has 1 heterocycles. The minimum Gasteiger partial charge on any atom is -0.356 e. The number of carbonyl (C=O) groups is 2. The van der Waals surface area contributed by atoms with Crippen LogP contribution >= 0.6 is 0 Å². The molecule has 0 radical (unpaired) electrons. The van der Waals surface area contributed by atoms with Crippen LogP contribution in [0.15, 0.2) is 12.4 Å². The van der Waals surface area contributed by atoms with Crippen molar-refractivity contribution in [3.8, 4) is 0 Å². The molecule has 0 aromatic carbocycles. The number of unbranched alkanes of at least 4 members (excludes halogenated alkanes) is 2. The molecule has 0 saturated carbocycles. The molecule has 0 aliphatic rings. The average molecular weight is 238 g/mol. The number of aromatic nitrogens is 2. The summed E-state index contributed by atoms with van der Waals surface area (Å²) in [5, 5.41) is 11.8. The second-order valence-corrected chi connectivity index (χ2v) is 3.83. The molecule has 1 aromatic rings. The first-order chi connectivity index (χ1) is 8.18. The fourth-order valence-corrected chi connectivity index (χ4v) is 1.39. The van der Waals surface area contributed by atoms with Gasteiger partial charge in [-0.15, -0.1) is 0 Å². The summed E-state index contributed by atoms with van der Waals surface area (Å²) in [6.07, 6.45) is 6.34. The topological polar surface area (TPSA) is 86.9 Å². The van der Waals surface area contributed by atoms with E-state index in [4.69, 9.17) is 0 Å². The summed E-state index contributed by atoms with van der Waals surface area (Å²) in [4.78, 5) is 22.0. The molecule has 0 saturated heterocycles. The van der Waals surface area contributed by atoms with Crippen molar-refractivity contribution in [3.05, 3.63) is 12.4 Å². The van der Waals surface area contributed by atoms with Crippen LogP contribution in [0.1, 0.15) is 32.6 Å². The fourth-order valence-electron chi connectivity index (χ4n) is 1.39. The van der Waals surface area contributed by atoms with Crippen molar-refractivity contribution < 1.29 is 9.59 Å². The van der Waals surface area contributed by atoms with Gasteiger partial charge in [0.2, 0.25) is 11.8 Å². The van der Waals surface area contributed by atoms with E-state index in [1.807, 2.05) is 0 Å². The van der Waals surface area contributed by atoms with Gasteiger partial charge in [0, 0.05) is 26.1 Å². The lowest BCUT2D eigenvalue weighted by molar-refractivity contribution is -0.119. The van der Waals surface area contributed by atoms with E-state index in [0.717, 1.165) is 19.3 Å². The van der Waals surface area contributed by atoms with E-state index < -0.39 is 0 Å². The van der Waals surface area contributed by atoms with Crippen LogP contribution in [0.25, 0.3) is 0 Å². The SMILES string of the molecule is CC(=O)NCCCCCC(=O)Nc1cn[nH]c1. The van der Waals surface area contributed by atoms with Crippen molar-refractivity contribution in [1.82, 2.24) is 15.5 Å². The Bertz CT molecular complexity index is 348. The van der Waals surface area contributed by atoms with Crippen LogP contribution in [0.3, 0.4) is 0 Å². The Morgan fingerprint density at radius 2 is 2.18 bits per heavy atom. The van der Waals surface area contributed by atoms with E-state index in [0.29, 0.717) is 18.7 Å². The van der Waals surface area contributed by atoms with Gasteiger partial charge < -0.3 is 10.6 Å². The zero-order chi connectivity index (χ0) is 12.5. The van der Waals surface area contributed by atoms with Crippen LogP contribution in [0, 0.1) is 0 Å². The number of hydrogen-bond donors (Lipinski definition) is 3. The third-order valence-electron chi connectivity index (χ3n) is 2.24. The maximum absolute atomic E-state index is 11.4. The summed E-state index contributed by atoms with van der Waals surface area (Å²) < 4.78 is 0. The van der Waals surface area contributed by atoms with E-state index >= 15 is 0 Å². The molecule has 0 spiro atoms. The van der Waals surface area contributed by atoms with Crippen LogP contribution in [0.4, 0.5) is 5.69 Å². The smallest absolute Gasteiger partial charge is 0.224 e. The summed E-state index contributed by atoms with van der Waals surface area (Å²) in [5.74, 6) is -0.0198. The first kappa shape index (κ1) is 13.2. The van der Waals surface area contributed by atoms with Crippen LogP contribution in [0.2, 0.25) is 0 Å². The van der Waals surface area contributed by atoms with E-state index in [2.05, 4.69) is 20.8 Å². The number of amides is 2. The van der Waals surface area contributed by atoms with Gasteiger partial charge in [0.25, 0.3) is 0 Å². The van der Waals surface area contributed by atoms with Gasteiger partial charge in [0.1, 0.15) is 0 Å². The molecule has 94 valence electrons. The maximum Gasteiger partial charge on any atom is 0.224 e. The number of hydrogen-bond acceptors (Lipinski definition) is 3. The minimum absolute atomic E-state index is 0.00840. The van der Waals surface area contributed by atoms with Gasteiger partial charge in [-0.25, -0.2) is 0 Å². The van der Waals surface area contributed by atoms with Gasteiger partial charge in [-0.3, -0.25) is 14.7 Å². The predicted octanol–water partition coefficient (Wildman–Crippen LogP) is 1.04. The number of aromatic amines is 1. The largest absolute Gasteiger partial charge is 0.356 e. The molecule has 0 aliphatic carbocycles. The van der Waals surface area contributed by atoms with Crippen LogP contribution in [0.5, 0.6) is 0 Å². The Morgan fingerprint density at radius 3 is 2.82 bits per heavy atom. The number of rotatable bonds is 7. The summed E-state index contributed by atoms with van der Waals surface area (Å²) in [7, 11) is 0. The van der Waals surface area contributed by atoms with Crippen molar-refractivity contribution in [1.29, 1.82) is 0 Å². The first-order valence-corrected chi connectivity index (χ1v) is 5.71. The molecule has 6 nitrogen and oxygen atoms in total. The lowest BCUT2D eigenvalue weighted by Gasteiger charge is -2.03. The number of H-pyrrole nitrogens is 1. The Kier molecular flexibility index (Phi) is 5.77. The Balaban J connectivity index is 1.99. The van der Waals surface area contributed by atoms with Gasteiger partial charge in [-0.05, 0) is 12.8 Å². The molecule has 2 amide bonds. The third kappa shape index (κ3) is 6.34. The molecule has 1 aromatic heterocycles. The van der Waals surface area contributed by atoms with Crippen molar-refractivity contribution in [2.75, 3.05) is 11.9 Å². The van der Waals surface area contributed by atoms with Crippen LogP contribution < -0.4 is 10.6 Å². The molecule has 6 heteroatoms. The summed E-state index contributed by atoms with van der Waals surface area (Å²) in [6.45, 7) is 2.18. The normalized spacial score (nSPS) is 9.94. The standard InChI is InChI=1S/C11H18N4O2/c1-9(16)12-6-4-2-3-5-11(17)15-10-7-13-14-8-10/h7-8H,2-6H2,1H3,(H,12,16)(H,13,14)(H,15,17). The molecular weight excluding hydrogens is 220 g/mol. The number of nitrogens with one attached hydrogen (secondary N) is 3.